The van der Waals surface area contributed by atoms with Crippen LogP contribution >= 0.6 is 0 Å². The number of aromatic nitrogens is 2. The van der Waals surface area contributed by atoms with Crippen molar-refractivity contribution in [3.63, 3.8) is 0 Å². The average Bonchev–Trinajstić information content (AvgIpc) is 3.80. The van der Waals surface area contributed by atoms with Gasteiger partial charge in [-0.2, -0.15) is 0 Å². The van der Waals surface area contributed by atoms with Crippen molar-refractivity contribution >= 4 is 56.1 Å². The van der Waals surface area contributed by atoms with E-state index in [1.807, 2.05) is 30.3 Å². The first kappa shape index (κ1) is 35.6. The van der Waals surface area contributed by atoms with Crippen molar-refractivity contribution in [3.05, 3.63) is 150 Å². The summed E-state index contributed by atoms with van der Waals surface area (Å²) in [5.41, 5.74) is 15.5. The number of imidazole rings is 1. The fraction of sp³-hybridized carbons (Fsp3) is 0.189. The van der Waals surface area contributed by atoms with Gasteiger partial charge in [0.1, 0.15) is 40.0 Å². The second kappa shape index (κ2) is 13.0. The summed E-state index contributed by atoms with van der Waals surface area (Å²) < 4.78 is 22.5. The Labute approximate surface area is 345 Å². The lowest BCUT2D eigenvalue weighted by Gasteiger charge is -2.32. The molecule has 7 aromatic carbocycles. The van der Waals surface area contributed by atoms with Crippen molar-refractivity contribution in [1.82, 2.24) is 9.55 Å². The third-order valence-electron chi connectivity index (χ3n) is 12.4. The Kier molecular flexibility index (Phi) is 7.84. The van der Waals surface area contributed by atoms with Crippen molar-refractivity contribution < 1.29 is 13.9 Å². The van der Waals surface area contributed by atoms with Gasteiger partial charge in [0, 0.05) is 16.2 Å². The summed E-state index contributed by atoms with van der Waals surface area (Å²) in [6.45, 7) is 16.0. The molecule has 11 rings (SSSR count). The third-order valence-corrected chi connectivity index (χ3v) is 12.4. The molecule has 2 aliphatic heterocycles. The highest BCUT2D eigenvalue weighted by molar-refractivity contribution is 6.98. The van der Waals surface area contributed by atoms with Gasteiger partial charge in [-0.3, -0.25) is 4.57 Å². The number of para-hydroxylation sites is 4. The Morgan fingerprint density at radius 2 is 1.25 bits per heavy atom. The summed E-state index contributed by atoms with van der Waals surface area (Å²) in [6.07, 6.45) is 0. The Balaban J connectivity index is 1.13. The summed E-state index contributed by atoms with van der Waals surface area (Å²) in [5.74, 6) is 4.71. The van der Waals surface area contributed by atoms with E-state index in [4.69, 9.17) is 18.9 Å². The van der Waals surface area contributed by atoms with Gasteiger partial charge in [0.2, 0.25) is 0 Å². The van der Waals surface area contributed by atoms with E-state index in [0.29, 0.717) is 0 Å². The van der Waals surface area contributed by atoms with Gasteiger partial charge in [0.05, 0.1) is 22.3 Å². The van der Waals surface area contributed by atoms with Gasteiger partial charge in [-0.05, 0) is 117 Å². The Bertz CT molecular complexity index is 3130. The van der Waals surface area contributed by atoms with Crippen LogP contribution in [0.15, 0.2) is 138 Å². The summed E-state index contributed by atoms with van der Waals surface area (Å²) in [5, 5.41) is 2.03. The minimum Gasteiger partial charge on any atom is -0.458 e. The van der Waals surface area contributed by atoms with E-state index < -0.39 is 0 Å². The molecule has 0 aliphatic carbocycles. The lowest BCUT2D eigenvalue weighted by Crippen LogP contribution is -2.57. The molecular formula is C53H45BN2O3. The van der Waals surface area contributed by atoms with Crippen molar-refractivity contribution in [3.8, 4) is 51.2 Å². The number of hydrogen-bond acceptors (Lipinski definition) is 4. The van der Waals surface area contributed by atoms with E-state index in [1.165, 1.54) is 33.5 Å². The van der Waals surface area contributed by atoms with Crippen molar-refractivity contribution in [1.29, 1.82) is 0 Å². The predicted molar refractivity (Wildman–Crippen MR) is 244 cm³/mol. The zero-order chi connectivity index (χ0) is 40.3. The number of hydrogen-bond donors (Lipinski definition) is 0. The molecule has 0 bridgehead atoms. The van der Waals surface area contributed by atoms with Crippen molar-refractivity contribution in [2.75, 3.05) is 0 Å². The maximum Gasteiger partial charge on any atom is 0.260 e. The molecule has 0 radical (unpaired) electrons. The highest BCUT2D eigenvalue weighted by Gasteiger charge is 2.40. The van der Waals surface area contributed by atoms with E-state index >= 15 is 0 Å². The van der Waals surface area contributed by atoms with Crippen LogP contribution in [-0.2, 0) is 5.41 Å². The molecule has 4 heterocycles. The second-order valence-electron chi connectivity index (χ2n) is 17.9. The first-order valence-corrected chi connectivity index (χ1v) is 20.9. The molecule has 0 N–H and O–H groups in total. The molecule has 0 spiro atoms. The molecule has 0 saturated heterocycles. The molecule has 0 atom stereocenters. The van der Waals surface area contributed by atoms with Gasteiger partial charge in [-0.1, -0.05) is 121 Å². The smallest absolute Gasteiger partial charge is 0.260 e. The molecule has 288 valence electrons. The van der Waals surface area contributed by atoms with Crippen molar-refractivity contribution in [2.24, 2.45) is 0 Å². The maximum absolute atomic E-state index is 7.03. The number of nitrogens with zero attached hydrogens (tertiary/aromatic N) is 2. The van der Waals surface area contributed by atoms with Crippen LogP contribution in [0.3, 0.4) is 0 Å². The topological polar surface area (TPSA) is 49.4 Å². The fourth-order valence-electron chi connectivity index (χ4n) is 9.42. The number of ether oxygens (including phenoxy) is 2. The molecule has 5 nitrogen and oxygen atoms in total. The second-order valence-corrected chi connectivity index (χ2v) is 17.9. The van der Waals surface area contributed by atoms with Gasteiger partial charge in [-0.15, -0.1) is 0 Å². The Morgan fingerprint density at radius 3 is 1.98 bits per heavy atom. The zero-order valence-electron chi connectivity index (χ0n) is 34.6. The van der Waals surface area contributed by atoms with Gasteiger partial charge in [0.25, 0.3) is 6.71 Å². The number of benzene rings is 7. The van der Waals surface area contributed by atoms with E-state index in [1.54, 1.807) is 0 Å². The molecule has 59 heavy (non-hydrogen) atoms. The minimum absolute atomic E-state index is 0.0421. The van der Waals surface area contributed by atoms with E-state index in [0.717, 1.165) is 83.7 Å². The van der Waals surface area contributed by atoms with Gasteiger partial charge >= 0.3 is 0 Å². The first-order chi connectivity index (χ1) is 28.5. The summed E-state index contributed by atoms with van der Waals surface area (Å²) >= 11 is 0. The van der Waals surface area contributed by atoms with Crippen molar-refractivity contribution in [2.45, 2.75) is 65.7 Å². The fourth-order valence-corrected chi connectivity index (χ4v) is 9.42. The monoisotopic (exact) mass is 768 g/mol. The van der Waals surface area contributed by atoms with Crippen LogP contribution in [0.4, 0.5) is 0 Å². The summed E-state index contributed by atoms with van der Waals surface area (Å²) in [7, 11) is 0. The SMILES string of the molecule is CC(C)c1cc(-c2ccc(C(C)(C)C)cc2)cc(C(C)C)c1-n1c(-c2cccc3c2oc2cc4c(cc23)Oc2cccc3c2B4c2ccccc2O3)nc2ccccc21. The molecule has 0 unspecified atom stereocenters. The molecule has 0 fully saturated rings. The average molecular weight is 769 g/mol. The van der Waals surface area contributed by atoms with Gasteiger partial charge in [-0.25, -0.2) is 4.98 Å². The molecule has 2 aliphatic rings. The van der Waals surface area contributed by atoms with Crippen LogP contribution in [0.5, 0.6) is 23.0 Å². The highest BCUT2D eigenvalue weighted by atomic mass is 16.5. The highest BCUT2D eigenvalue weighted by Crippen LogP contribution is 2.44. The Hall–Kier alpha value is -6.53. The third kappa shape index (κ3) is 5.49. The van der Waals surface area contributed by atoms with Gasteiger partial charge < -0.3 is 13.9 Å². The van der Waals surface area contributed by atoms with Crippen LogP contribution in [0, 0.1) is 0 Å². The number of fused-ring (bicyclic) bond motifs is 8. The molecular weight excluding hydrogens is 723 g/mol. The largest absolute Gasteiger partial charge is 0.458 e. The first-order valence-electron chi connectivity index (χ1n) is 20.9. The maximum atomic E-state index is 7.03. The molecule has 9 aromatic rings. The molecule has 2 aromatic heterocycles. The summed E-state index contributed by atoms with van der Waals surface area (Å²) in [6, 6.07) is 47.6. The quantitative estimate of drug-likeness (QED) is 0.164. The normalized spacial score (nSPS) is 13.2. The van der Waals surface area contributed by atoms with Crippen LogP contribution in [0.25, 0.3) is 61.2 Å². The Morgan fingerprint density at radius 1 is 0.593 bits per heavy atom. The van der Waals surface area contributed by atoms with Crippen LogP contribution in [0.2, 0.25) is 0 Å². The standard InChI is InChI=1S/C53H45BN2O3/c1-30(2)37-26-33(32-22-24-34(25-23-32)53(5,6)7)27-38(31(3)4)50(37)56-43-18-10-9-17-42(43)55-52(56)36-15-12-14-35-39-28-48-41(29-47(39)59-51(35)36)54-40-16-8-11-19-44(40)57-45-20-13-21-46(58-48)49(45)54/h8-31H,1-7H3. The molecule has 0 saturated carbocycles. The van der Waals surface area contributed by atoms with Crippen LogP contribution in [0.1, 0.15) is 77.0 Å². The minimum atomic E-state index is -0.0421. The number of furan rings is 1. The molecule has 0 amide bonds. The lowest BCUT2D eigenvalue weighted by atomic mass is 9.35. The number of rotatable bonds is 5. The van der Waals surface area contributed by atoms with Crippen LogP contribution in [-0.4, -0.2) is 16.3 Å². The summed E-state index contributed by atoms with van der Waals surface area (Å²) in [4.78, 5) is 5.43. The molecule has 6 heteroatoms. The van der Waals surface area contributed by atoms with Gasteiger partial charge in [0.15, 0.2) is 0 Å². The zero-order valence-corrected chi connectivity index (χ0v) is 34.6. The lowest BCUT2D eigenvalue weighted by molar-refractivity contribution is 0.465. The van der Waals surface area contributed by atoms with E-state index in [9.17, 15) is 0 Å². The van der Waals surface area contributed by atoms with E-state index in [2.05, 4.69) is 156 Å². The predicted octanol–water partition coefficient (Wildman–Crippen LogP) is 12.5. The van der Waals surface area contributed by atoms with E-state index in [-0.39, 0.29) is 24.0 Å². The van der Waals surface area contributed by atoms with Crippen LogP contribution < -0.4 is 25.9 Å².